The third-order valence-corrected chi connectivity index (χ3v) is 3.40. The third kappa shape index (κ3) is 7.74. The molecule has 1 heterocycles. The van der Waals surface area contributed by atoms with E-state index in [1.807, 2.05) is 0 Å². The molecule has 0 aliphatic carbocycles. The van der Waals surface area contributed by atoms with Gasteiger partial charge in [0.25, 0.3) is 0 Å². The maximum Gasteiger partial charge on any atom is 0.0593 e. The highest BCUT2D eigenvalue weighted by Crippen LogP contribution is 2.07. The molecular formula is C14H30N2O. The van der Waals surface area contributed by atoms with E-state index in [1.165, 1.54) is 32.2 Å². The van der Waals surface area contributed by atoms with E-state index in [9.17, 15) is 0 Å². The minimum absolute atomic E-state index is 0.699. The molecule has 3 nitrogen and oxygen atoms in total. The van der Waals surface area contributed by atoms with Gasteiger partial charge >= 0.3 is 0 Å². The summed E-state index contributed by atoms with van der Waals surface area (Å²) in [6, 6.07) is 0.699. The minimum Gasteiger partial charge on any atom is -0.380 e. The van der Waals surface area contributed by atoms with Crippen molar-refractivity contribution in [3.05, 3.63) is 0 Å². The average molecular weight is 242 g/mol. The van der Waals surface area contributed by atoms with Gasteiger partial charge in [-0.25, -0.2) is 0 Å². The van der Waals surface area contributed by atoms with Gasteiger partial charge in [-0.3, -0.25) is 0 Å². The molecule has 1 N–H and O–H groups in total. The number of hydrogen-bond donors (Lipinski definition) is 1. The van der Waals surface area contributed by atoms with Crippen LogP contribution in [-0.2, 0) is 4.74 Å². The number of hydrogen-bond acceptors (Lipinski definition) is 3. The molecule has 1 unspecified atom stereocenters. The Bertz CT molecular complexity index is 179. The van der Waals surface area contributed by atoms with Gasteiger partial charge in [-0.2, -0.15) is 0 Å². The van der Waals surface area contributed by atoms with Gasteiger partial charge in [0.05, 0.1) is 6.61 Å². The van der Waals surface area contributed by atoms with Crippen molar-refractivity contribution in [1.29, 1.82) is 0 Å². The molecule has 1 aliphatic heterocycles. The molecule has 102 valence electrons. The molecule has 0 aromatic rings. The van der Waals surface area contributed by atoms with Crippen LogP contribution in [0.3, 0.4) is 0 Å². The summed E-state index contributed by atoms with van der Waals surface area (Å²) in [5.74, 6) is 0.749. The molecule has 1 atom stereocenters. The van der Waals surface area contributed by atoms with Gasteiger partial charge < -0.3 is 15.0 Å². The number of nitrogens with one attached hydrogen (secondary N) is 1. The van der Waals surface area contributed by atoms with Crippen LogP contribution in [0.1, 0.15) is 39.5 Å². The van der Waals surface area contributed by atoms with Crippen molar-refractivity contribution in [1.82, 2.24) is 10.2 Å². The van der Waals surface area contributed by atoms with Gasteiger partial charge in [-0.1, -0.05) is 20.3 Å². The van der Waals surface area contributed by atoms with E-state index in [1.54, 1.807) is 0 Å². The lowest BCUT2D eigenvalue weighted by Gasteiger charge is -2.28. The first-order valence-electron chi connectivity index (χ1n) is 7.18. The van der Waals surface area contributed by atoms with Crippen molar-refractivity contribution in [3.8, 4) is 0 Å². The van der Waals surface area contributed by atoms with E-state index in [-0.39, 0.29) is 0 Å². The monoisotopic (exact) mass is 242 g/mol. The summed E-state index contributed by atoms with van der Waals surface area (Å²) in [7, 11) is 2.20. The van der Waals surface area contributed by atoms with Crippen molar-refractivity contribution in [2.75, 3.05) is 39.9 Å². The Hall–Kier alpha value is -0.120. The zero-order valence-electron chi connectivity index (χ0n) is 11.9. The fourth-order valence-corrected chi connectivity index (χ4v) is 2.19. The van der Waals surface area contributed by atoms with Crippen molar-refractivity contribution < 1.29 is 4.74 Å². The fraction of sp³-hybridized carbons (Fsp3) is 1.00. The van der Waals surface area contributed by atoms with E-state index in [4.69, 9.17) is 4.74 Å². The normalized spacial score (nSPS) is 21.4. The lowest BCUT2D eigenvalue weighted by atomic mass is 10.0. The second-order valence-electron chi connectivity index (χ2n) is 5.70. The largest absolute Gasteiger partial charge is 0.380 e. The molecule has 0 radical (unpaired) electrons. The third-order valence-electron chi connectivity index (χ3n) is 3.40. The summed E-state index contributed by atoms with van der Waals surface area (Å²) < 4.78 is 5.64. The highest BCUT2D eigenvalue weighted by atomic mass is 16.5. The standard InChI is InChI=1S/C14H30N2O/c1-13(2)7-10-17-11-9-16(3)12-14-6-4-5-8-15-14/h13-15H,4-12H2,1-3H3. The number of rotatable bonds is 8. The van der Waals surface area contributed by atoms with Gasteiger partial charge in [0.15, 0.2) is 0 Å². The van der Waals surface area contributed by atoms with Crippen molar-refractivity contribution >= 4 is 0 Å². The van der Waals surface area contributed by atoms with Crippen LogP contribution in [0, 0.1) is 5.92 Å². The van der Waals surface area contributed by atoms with Gasteiger partial charge in [0.1, 0.15) is 0 Å². The topological polar surface area (TPSA) is 24.5 Å². The molecule has 1 rings (SSSR count). The summed E-state index contributed by atoms with van der Waals surface area (Å²) in [5.41, 5.74) is 0. The van der Waals surface area contributed by atoms with E-state index in [2.05, 4.69) is 31.1 Å². The first kappa shape index (κ1) is 14.9. The van der Waals surface area contributed by atoms with Crippen molar-refractivity contribution in [2.24, 2.45) is 5.92 Å². The molecule has 0 amide bonds. The lowest BCUT2D eigenvalue weighted by molar-refractivity contribution is 0.0994. The number of piperidine rings is 1. The molecule has 1 aliphatic rings. The van der Waals surface area contributed by atoms with E-state index >= 15 is 0 Å². The quantitative estimate of drug-likeness (QED) is 0.660. The molecule has 0 saturated carbocycles. The maximum absolute atomic E-state index is 5.64. The molecule has 0 aromatic carbocycles. The van der Waals surface area contributed by atoms with Crippen LogP contribution in [0.5, 0.6) is 0 Å². The van der Waals surface area contributed by atoms with Gasteiger partial charge in [-0.15, -0.1) is 0 Å². The van der Waals surface area contributed by atoms with Gasteiger partial charge in [0.2, 0.25) is 0 Å². The summed E-state index contributed by atoms with van der Waals surface area (Å²) in [6.45, 7) is 9.67. The smallest absolute Gasteiger partial charge is 0.0593 e. The molecule has 1 fully saturated rings. The Balaban J connectivity index is 1.95. The van der Waals surface area contributed by atoms with Crippen molar-refractivity contribution in [2.45, 2.75) is 45.6 Å². The van der Waals surface area contributed by atoms with Crippen LogP contribution in [0.2, 0.25) is 0 Å². The van der Waals surface area contributed by atoms with E-state index in [0.29, 0.717) is 6.04 Å². The summed E-state index contributed by atoms with van der Waals surface area (Å²) in [6.07, 6.45) is 5.24. The molecule has 0 spiro atoms. The van der Waals surface area contributed by atoms with Crippen LogP contribution in [0.25, 0.3) is 0 Å². The summed E-state index contributed by atoms with van der Waals surface area (Å²) in [4.78, 5) is 2.39. The molecule has 0 bridgehead atoms. The SMILES string of the molecule is CC(C)CCOCCN(C)CC1CCCCN1. The predicted molar refractivity (Wildman–Crippen MR) is 73.4 cm³/mol. The molecule has 3 heteroatoms. The second kappa shape index (κ2) is 8.90. The molecule has 17 heavy (non-hydrogen) atoms. The Morgan fingerprint density at radius 3 is 2.76 bits per heavy atom. The van der Waals surface area contributed by atoms with Crippen LogP contribution in [0.4, 0.5) is 0 Å². The second-order valence-corrected chi connectivity index (χ2v) is 5.70. The van der Waals surface area contributed by atoms with E-state index in [0.717, 1.165) is 32.2 Å². The summed E-state index contributed by atoms with van der Waals surface area (Å²) >= 11 is 0. The maximum atomic E-state index is 5.64. The predicted octanol–water partition coefficient (Wildman–Crippen LogP) is 2.12. The Labute approximate surface area is 107 Å². The molecular weight excluding hydrogens is 212 g/mol. The molecule has 1 saturated heterocycles. The summed E-state index contributed by atoms with van der Waals surface area (Å²) in [5, 5.41) is 3.58. The highest BCUT2D eigenvalue weighted by molar-refractivity contribution is 4.74. The zero-order chi connectivity index (χ0) is 12.5. The number of likely N-dealkylation sites (N-methyl/N-ethyl adjacent to an activating group) is 1. The fourth-order valence-electron chi connectivity index (χ4n) is 2.19. The van der Waals surface area contributed by atoms with Crippen LogP contribution in [-0.4, -0.2) is 50.8 Å². The number of nitrogens with zero attached hydrogens (tertiary/aromatic N) is 1. The highest BCUT2D eigenvalue weighted by Gasteiger charge is 2.13. The Morgan fingerprint density at radius 2 is 2.12 bits per heavy atom. The Morgan fingerprint density at radius 1 is 1.29 bits per heavy atom. The number of ether oxygens (including phenoxy) is 1. The van der Waals surface area contributed by atoms with Crippen LogP contribution >= 0.6 is 0 Å². The van der Waals surface area contributed by atoms with Gasteiger partial charge in [0, 0.05) is 25.7 Å². The van der Waals surface area contributed by atoms with Crippen LogP contribution in [0.15, 0.2) is 0 Å². The first-order chi connectivity index (χ1) is 8.18. The average Bonchev–Trinajstić information content (AvgIpc) is 2.29. The molecule has 0 aromatic heterocycles. The Kier molecular flexibility index (Phi) is 7.82. The van der Waals surface area contributed by atoms with Crippen LogP contribution < -0.4 is 5.32 Å². The minimum atomic E-state index is 0.699. The first-order valence-corrected chi connectivity index (χ1v) is 7.18. The van der Waals surface area contributed by atoms with E-state index < -0.39 is 0 Å². The van der Waals surface area contributed by atoms with Crippen molar-refractivity contribution in [3.63, 3.8) is 0 Å². The van der Waals surface area contributed by atoms with Gasteiger partial charge in [-0.05, 0) is 38.8 Å². The zero-order valence-corrected chi connectivity index (χ0v) is 11.9. The lowest BCUT2D eigenvalue weighted by Crippen LogP contribution is -2.43.